The van der Waals surface area contributed by atoms with Gasteiger partial charge in [0.25, 0.3) is 11.8 Å². The molecule has 30 heavy (non-hydrogen) atoms. The van der Waals surface area contributed by atoms with Gasteiger partial charge in [-0.3, -0.25) is 9.59 Å². The van der Waals surface area contributed by atoms with Crippen LogP contribution in [0.5, 0.6) is 11.5 Å². The number of rotatable bonds is 6. The lowest BCUT2D eigenvalue weighted by Crippen LogP contribution is -2.46. The number of nitrogens with one attached hydrogen (secondary N) is 1. The largest absolute Gasteiger partial charge is 0.492 e. The molecular formula is C24H22N2O4. The summed E-state index contributed by atoms with van der Waals surface area (Å²) in [5, 5.41) is 2.87. The quantitative estimate of drug-likeness (QED) is 0.673. The van der Waals surface area contributed by atoms with E-state index in [2.05, 4.69) is 5.32 Å². The molecule has 1 atom stereocenters. The van der Waals surface area contributed by atoms with Crippen LogP contribution in [0.25, 0.3) is 0 Å². The number of amides is 2. The first-order chi connectivity index (χ1) is 14.6. The zero-order chi connectivity index (χ0) is 20.9. The van der Waals surface area contributed by atoms with Gasteiger partial charge in [0.2, 0.25) is 0 Å². The lowest BCUT2D eigenvalue weighted by molar-refractivity contribution is -0.125. The normalized spacial score (nSPS) is 15.2. The maximum Gasteiger partial charge on any atom is 0.267 e. The third-order valence-corrected chi connectivity index (χ3v) is 4.79. The number of anilines is 2. The van der Waals surface area contributed by atoms with Crippen molar-refractivity contribution in [2.45, 2.75) is 13.0 Å². The maximum atomic E-state index is 12.7. The number of hydrogen-bond acceptors (Lipinski definition) is 4. The standard InChI is InChI=1S/C24H22N2O4/c1-17-24(28)26(14-15-29-20-10-6-3-7-11-20)21-16-19(12-13-22(21)30-17)25-23(27)18-8-4-2-5-9-18/h2-13,16-17H,14-15H2,1H3,(H,25,27). The first-order valence-corrected chi connectivity index (χ1v) is 9.78. The number of benzene rings is 3. The van der Waals surface area contributed by atoms with E-state index in [0.717, 1.165) is 5.75 Å². The number of carbonyl (C=O) groups excluding carboxylic acids is 2. The summed E-state index contributed by atoms with van der Waals surface area (Å²) in [7, 11) is 0. The molecule has 0 spiro atoms. The molecule has 0 saturated heterocycles. The second-order valence-electron chi connectivity index (χ2n) is 6.91. The Labute approximate surface area is 175 Å². The van der Waals surface area contributed by atoms with Crippen LogP contribution in [-0.2, 0) is 4.79 Å². The Hall–Kier alpha value is -3.80. The summed E-state index contributed by atoms with van der Waals surface area (Å²) in [5.41, 5.74) is 1.76. The van der Waals surface area contributed by atoms with E-state index >= 15 is 0 Å². The summed E-state index contributed by atoms with van der Waals surface area (Å²) in [6.45, 7) is 2.43. The summed E-state index contributed by atoms with van der Waals surface area (Å²) in [6, 6.07) is 23.7. The van der Waals surface area contributed by atoms with Crippen LogP contribution in [0.2, 0.25) is 0 Å². The number of ether oxygens (including phenoxy) is 2. The van der Waals surface area contributed by atoms with Crippen LogP contribution in [0.4, 0.5) is 11.4 Å². The third-order valence-electron chi connectivity index (χ3n) is 4.79. The fourth-order valence-electron chi connectivity index (χ4n) is 3.28. The van der Waals surface area contributed by atoms with Crippen LogP contribution in [0.15, 0.2) is 78.9 Å². The van der Waals surface area contributed by atoms with Gasteiger partial charge in [-0.05, 0) is 49.4 Å². The minimum absolute atomic E-state index is 0.148. The van der Waals surface area contributed by atoms with Crippen molar-refractivity contribution in [1.82, 2.24) is 0 Å². The predicted molar refractivity (Wildman–Crippen MR) is 115 cm³/mol. The average molecular weight is 402 g/mol. The lowest BCUT2D eigenvalue weighted by Gasteiger charge is -2.33. The van der Waals surface area contributed by atoms with Crippen molar-refractivity contribution in [2.75, 3.05) is 23.4 Å². The van der Waals surface area contributed by atoms with Crippen molar-refractivity contribution in [3.63, 3.8) is 0 Å². The fraction of sp³-hybridized carbons (Fsp3) is 0.167. The molecule has 3 aromatic carbocycles. The Morgan fingerprint density at radius 1 is 1.03 bits per heavy atom. The molecule has 0 saturated carbocycles. The Morgan fingerprint density at radius 2 is 1.73 bits per heavy atom. The number of para-hydroxylation sites is 1. The van der Waals surface area contributed by atoms with E-state index in [0.29, 0.717) is 35.8 Å². The molecule has 0 bridgehead atoms. The van der Waals surface area contributed by atoms with Crippen molar-refractivity contribution in [2.24, 2.45) is 0 Å². The monoisotopic (exact) mass is 402 g/mol. The molecule has 4 rings (SSSR count). The van der Waals surface area contributed by atoms with Crippen molar-refractivity contribution in [3.05, 3.63) is 84.4 Å². The molecule has 2 amide bonds. The van der Waals surface area contributed by atoms with Gasteiger partial charge in [-0.15, -0.1) is 0 Å². The molecule has 1 N–H and O–H groups in total. The average Bonchev–Trinajstić information content (AvgIpc) is 2.78. The van der Waals surface area contributed by atoms with Gasteiger partial charge in [-0.2, -0.15) is 0 Å². The van der Waals surface area contributed by atoms with Gasteiger partial charge < -0.3 is 19.7 Å². The highest BCUT2D eigenvalue weighted by atomic mass is 16.5. The van der Waals surface area contributed by atoms with E-state index in [1.807, 2.05) is 48.5 Å². The van der Waals surface area contributed by atoms with E-state index in [4.69, 9.17) is 9.47 Å². The molecule has 1 aliphatic rings. The summed E-state index contributed by atoms with van der Waals surface area (Å²) in [5.74, 6) is 0.978. The molecule has 3 aromatic rings. The Morgan fingerprint density at radius 3 is 2.47 bits per heavy atom. The van der Waals surface area contributed by atoms with Gasteiger partial charge in [0.05, 0.1) is 12.2 Å². The number of carbonyl (C=O) groups is 2. The second-order valence-corrected chi connectivity index (χ2v) is 6.91. The molecule has 1 aliphatic heterocycles. The van der Waals surface area contributed by atoms with Gasteiger partial charge in [0.1, 0.15) is 18.1 Å². The van der Waals surface area contributed by atoms with E-state index in [-0.39, 0.29) is 11.8 Å². The summed E-state index contributed by atoms with van der Waals surface area (Å²) in [6.07, 6.45) is -0.584. The minimum atomic E-state index is -0.584. The van der Waals surface area contributed by atoms with Gasteiger partial charge >= 0.3 is 0 Å². The molecule has 0 aliphatic carbocycles. The van der Waals surface area contributed by atoms with Gasteiger partial charge in [0, 0.05) is 11.3 Å². The first-order valence-electron chi connectivity index (χ1n) is 9.78. The van der Waals surface area contributed by atoms with Crippen molar-refractivity contribution in [3.8, 4) is 11.5 Å². The van der Waals surface area contributed by atoms with Crippen molar-refractivity contribution < 1.29 is 19.1 Å². The maximum absolute atomic E-state index is 12.7. The van der Waals surface area contributed by atoms with Crippen LogP contribution >= 0.6 is 0 Å². The zero-order valence-corrected chi connectivity index (χ0v) is 16.6. The lowest BCUT2D eigenvalue weighted by atomic mass is 10.1. The zero-order valence-electron chi connectivity index (χ0n) is 16.6. The summed E-state index contributed by atoms with van der Waals surface area (Å²) < 4.78 is 11.5. The molecule has 1 unspecified atom stereocenters. The number of hydrogen-bond donors (Lipinski definition) is 1. The van der Waals surface area contributed by atoms with E-state index < -0.39 is 6.10 Å². The molecule has 152 valence electrons. The summed E-state index contributed by atoms with van der Waals surface area (Å²) >= 11 is 0. The molecule has 0 radical (unpaired) electrons. The summed E-state index contributed by atoms with van der Waals surface area (Å²) in [4.78, 5) is 26.9. The third kappa shape index (κ3) is 4.27. The molecule has 1 heterocycles. The van der Waals surface area contributed by atoms with E-state index in [1.165, 1.54) is 0 Å². The first kappa shape index (κ1) is 19.5. The van der Waals surface area contributed by atoms with Crippen LogP contribution < -0.4 is 19.7 Å². The van der Waals surface area contributed by atoms with E-state index in [1.54, 1.807) is 42.2 Å². The topological polar surface area (TPSA) is 67.9 Å². The molecule has 0 fully saturated rings. The van der Waals surface area contributed by atoms with Crippen molar-refractivity contribution in [1.29, 1.82) is 0 Å². The Bertz CT molecular complexity index is 1040. The Balaban J connectivity index is 1.51. The SMILES string of the molecule is CC1Oc2ccc(NC(=O)c3ccccc3)cc2N(CCOc2ccccc2)C1=O. The number of fused-ring (bicyclic) bond motifs is 1. The van der Waals surface area contributed by atoms with Gasteiger partial charge in [0.15, 0.2) is 6.10 Å². The highest BCUT2D eigenvalue weighted by Crippen LogP contribution is 2.36. The smallest absolute Gasteiger partial charge is 0.267 e. The second kappa shape index (κ2) is 8.69. The van der Waals surface area contributed by atoms with Crippen LogP contribution in [0.3, 0.4) is 0 Å². The van der Waals surface area contributed by atoms with Crippen LogP contribution in [0, 0.1) is 0 Å². The van der Waals surface area contributed by atoms with Crippen molar-refractivity contribution >= 4 is 23.2 Å². The number of nitrogens with zero attached hydrogens (tertiary/aromatic N) is 1. The van der Waals surface area contributed by atoms with Gasteiger partial charge in [-0.25, -0.2) is 0 Å². The fourth-order valence-corrected chi connectivity index (χ4v) is 3.28. The van der Waals surface area contributed by atoms with Gasteiger partial charge in [-0.1, -0.05) is 36.4 Å². The molecule has 6 nitrogen and oxygen atoms in total. The molecular weight excluding hydrogens is 380 g/mol. The molecule has 0 aromatic heterocycles. The van der Waals surface area contributed by atoms with E-state index in [9.17, 15) is 9.59 Å². The predicted octanol–water partition coefficient (Wildman–Crippen LogP) is 4.13. The van der Waals surface area contributed by atoms with Crippen LogP contribution in [0.1, 0.15) is 17.3 Å². The highest BCUT2D eigenvalue weighted by molar-refractivity contribution is 6.05. The Kier molecular flexibility index (Phi) is 5.66. The van der Waals surface area contributed by atoms with Crippen LogP contribution in [-0.4, -0.2) is 31.1 Å². The highest BCUT2D eigenvalue weighted by Gasteiger charge is 2.31. The minimum Gasteiger partial charge on any atom is -0.492 e. The molecule has 6 heteroatoms.